The molecule has 2 N–H and O–H groups in total. The number of thiazole rings is 1. The van der Waals surface area contributed by atoms with Gasteiger partial charge in [-0.3, -0.25) is 10.00 Å². The first-order chi connectivity index (χ1) is 11.9. The minimum absolute atomic E-state index is 0.000556. The second kappa shape index (κ2) is 6.85. The van der Waals surface area contributed by atoms with Gasteiger partial charge >= 0.3 is 6.09 Å². The lowest BCUT2D eigenvalue weighted by Crippen LogP contribution is -2.17. The largest absolute Gasteiger partial charge is 0.419 e. The molecule has 3 rings (SSSR count). The van der Waals surface area contributed by atoms with Gasteiger partial charge in [0.25, 0.3) is 5.88 Å². The molecule has 10 heteroatoms. The predicted octanol–water partition coefficient (Wildman–Crippen LogP) is 3.82. The van der Waals surface area contributed by atoms with Gasteiger partial charge in [-0.1, -0.05) is 11.3 Å². The van der Waals surface area contributed by atoms with E-state index >= 15 is 0 Å². The van der Waals surface area contributed by atoms with Crippen LogP contribution in [0, 0.1) is 18.6 Å². The van der Waals surface area contributed by atoms with E-state index in [9.17, 15) is 13.6 Å². The molecular formula is C15H13F2N5O2S. The summed E-state index contributed by atoms with van der Waals surface area (Å²) in [6, 6.07) is 4.61. The molecule has 0 bridgehead atoms. The van der Waals surface area contributed by atoms with Crippen LogP contribution in [0.1, 0.15) is 5.01 Å². The van der Waals surface area contributed by atoms with Gasteiger partial charge in [0.05, 0.1) is 5.01 Å². The summed E-state index contributed by atoms with van der Waals surface area (Å²) in [5, 5.41) is 10.2. The zero-order valence-electron chi connectivity index (χ0n) is 13.2. The first-order valence-electron chi connectivity index (χ1n) is 7.08. The molecule has 0 spiro atoms. The lowest BCUT2D eigenvalue weighted by Gasteiger charge is -2.07. The number of nitrogens with zero attached hydrogens (tertiary/aromatic N) is 3. The van der Waals surface area contributed by atoms with Crippen molar-refractivity contribution in [2.24, 2.45) is 7.05 Å². The molecule has 130 valence electrons. The van der Waals surface area contributed by atoms with Gasteiger partial charge in [-0.25, -0.2) is 18.6 Å². The predicted molar refractivity (Wildman–Crippen MR) is 89.3 cm³/mol. The molecule has 0 aliphatic rings. The molecule has 7 nitrogen and oxygen atoms in total. The highest BCUT2D eigenvalue weighted by Gasteiger charge is 2.16. The number of aryl methyl sites for hydroxylation is 2. The Kier molecular flexibility index (Phi) is 4.61. The number of rotatable bonds is 4. The van der Waals surface area contributed by atoms with E-state index in [-0.39, 0.29) is 11.6 Å². The van der Waals surface area contributed by atoms with Crippen molar-refractivity contribution in [2.75, 3.05) is 10.6 Å². The summed E-state index contributed by atoms with van der Waals surface area (Å²) in [5.74, 6) is -1.13. The van der Waals surface area contributed by atoms with Gasteiger partial charge in [0, 0.05) is 31.1 Å². The molecule has 25 heavy (non-hydrogen) atoms. The second-order valence-electron chi connectivity index (χ2n) is 5.04. The zero-order valence-corrected chi connectivity index (χ0v) is 14.0. The molecule has 3 aromatic rings. The van der Waals surface area contributed by atoms with Crippen molar-refractivity contribution in [3.8, 4) is 5.88 Å². The standard InChI is InChI=1S/C15H13F2N5O2S/c1-8-18-13(24-15(23)20-12-3-4-22(2)21-12)14(25-8)19-11-6-9(16)5-10(17)7-11/h3-7,19H,1-2H3,(H,20,21,23). The average Bonchev–Trinajstić information content (AvgIpc) is 3.04. The Morgan fingerprint density at radius 3 is 2.64 bits per heavy atom. The third-order valence-corrected chi connectivity index (χ3v) is 3.82. The van der Waals surface area contributed by atoms with Crippen LogP contribution in [0.2, 0.25) is 0 Å². The molecule has 0 saturated heterocycles. The molecule has 0 unspecified atom stereocenters. The number of hydrogen-bond donors (Lipinski definition) is 2. The lowest BCUT2D eigenvalue weighted by atomic mass is 10.3. The van der Waals surface area contributed by atoms with Crippen molar-refractivity contribution in [2.45, 2.75) is 6.92 Å². The third kappa shape index (κ3) is 4.29. The number of aromatic nitrogens is 3. The summed E-state index contributed by atoms with van der Waals surface area (Å²) in [6.07, 6.45) is 0.881. The highest BCUT2D eigenvalue weighted by molar-refractivity contribution is 7.16. The van der Waals surface area contributed by atoms with Crippen LogP contribution in [0.15, 0.2) is 30.5 Å². The van der Waals surface area contributed by atoms with Crippen LogP contribution in [0.5, 0.6) is 5.88 Å². The SMILES string of the molecule is Cc1nc(OC(=O)Nc2ccn(C)n2)c(Nc2cc(F)cc(F)c2)s1. The number of nitrogens with one attached hydrogen (secondary N) is 2. The van der Waals surface area contributed by atoms with Crippen LogP contribution in [-0.2, 0) is 7.05 Å². The number of benzene rings is 1. The number of carbonyl (C=O) groups excluding carboxylic acids is 1. The van der Waals surface area contributed by atoms with Gasteiger partial charge in [-0.2, -0.15) is 5.10 Å². The summed E-state index contributed by atoms with van der Waals surface area (Å²) in [5.41, 5.74) is 0.177. The Hall–Kier alpha value is -3.01. The zero-order chi connectivity index (χ0) is 18.0. The van der Waals surface area contributed by atoms with E-state index in [0.29, 0.717) is 15.8 Å². The lowest BCUT2D eigenvalue weighted by molar-refractivity contribution is 0.213. The Morgan fingerprint density at radius 1 is 1.28 bits per heavy atom. The van der Waals surface area contributed by atoms with Crippen LogP contribution in [0.3, 0.4) is 0 Å². The van der Waals surface area contributed by atoms with E-state index in [1.807, 2.05) is 0 Å². The topological polar surface area (TPSA) is 81.1 Å². The maximum atomic E-state index is 13.3. The Labute approximate surface area is 145 Å². The Morgan fingerprint density at radius 2 is 2.00 bits per heavy atom. The van der Waals surface area contributed by atoms with Crippen LogP contribution in [-0.4, -0.2) is 20.9 Å². The number of anilines is 3. The van der Waals surface area contributed by atoms with Crippen LogP contribution in [0.4, 0.5) is 30.1 Å². The van der Waals surface area contributed by atoms with Gasteiger partial charge < -0.3 is 10.1 Å². The number of hydrogen-bond acceptors (Lipinski definition) is 6. The van der Waals surface area contributed by atoms with Gasteiger partial charge in [0.2, 0.25) is 0 Å². The van der Waals surface area contributed by atoms with Crippen LogP contribution in [0.25, 0.3) is 0 Å². The maximum Gasteiger partial charge on any atom is 0.419 e. The first-order valence-corrected chi connectivity index (χ1v) is 7.90. The van der Waals surface area contributed by atoms with Gasteiger partial charge in [0.15, 0.2) is 10.8 Å². The maximum absolute atomic E-state index is 13.3. The molecule has 1 amide bonds. The van der Waals surface area contributed by atoms with Crippen molar-refractivity contribution < 1.29 is 18.3 Å². The average molecular weight is 365 g/mol. The highest BCUT2D eigenvalue weighted by Crippen LogP contribution is 2.34. The Balaban J connectivity index is 1.75. The summed E-state index contributed by atoms with van der Waals surface area (Å²) < 4.78 is 33.3. The van der Waals surface area contributed by atoms with Gasteiger partial charge in [-0.05, 0) is 19.1 Å². The Bertz CT molecular complexity index is 904. The summed E-state index contributed by atoms with van der Waals surface area (Å²) in [7, 11) is 1.71. The molecule has 0 fully saturated rings. The van der Waals surface area contributed by atoms with Crippen LogP contribution >= 0.6 is 11.3 Å². The second-order valence-corrected chi connectivity index (χ2v) is 6.24. The van der Waals surface area contributed by atoms with Gasteiger partial charge in [-0.15, -0.1) is 0 Å². The number of carbonyl (C=O) groups is 1. The van der Waals surface area contributed by atoms with E-state index in [0.717, 1.165) is 18.2 Å². The molecule has 0 aliphatic heterocycles. The van der Waals surface area contributed by atoms with Gasteiger partial charge in [0.1, 0.15) is 11.6 Å². The van der Waals surface area contributed by atoms with Crippen molar-refractivity contribution in [3.63, 3.8) is 0 Å². The fraction of sp³-hybridized carbons (Fsp3) is 0.133. The number of amides is 1. The normalized spacial score (nSPS) is 10.6. The van der Waals surface area contributed by atoms with Crippen LogP contribution < -0.4 is 15.4 Å². The van der Waals surface area contributed by atoms with E-state index in [4.69, 9.17) is 4.74 Å². The third-order valence-electron chi connectivity index (χ3n) is 2.96. The highest BCUT2D eigenvalue weighted by atomic mass is 32.1. The first kappa shape index (κ1) is 16.8. The van der Waals surface area contributed by atoms with Crippen molar-refractivity contribution in [1.29, 1.82) is 0 Å². The molecule has 0 aliphatic carbocycles. The minimum atomic E-state index is -0.780. The van der Waals surface area contributed by atoms with E-state index in [1.54, 1.807) is 26.2 Å². The molecule has 0 radical (unpaired) electrons. The molecule has 0 saturated carbocycles. The molecular weight excluding hydrogens is 352 g/mol. The fourth-order valence-electron chi connectivity index (χ4n) is 2.01. The molecule has 2 aromatic heterocycles. The molecule has 1 aromatic carbocycles. The summed E-state index contributed by atoms with van der Waals surface area (Å²) in [4.78, 5) is 16.0. The van der Waals surface area contributed by atoms with E-state index in [2.05, 4.69) is 20.7 Å². The van der Waals surface area contributed by atoms with E-state index < -0.39 is 17.7 Å². The van der Waals surface area contributed by atoms with Crippen molar-refractivity contribution in [3.05, 3.63) is 47.1 Å². The molecule has 0 atom stereocenters. The molecule has 2 heterocycles. The fourth-order valence-corrected chi connectivity index (χ4v) is 2.78. The van der Waals surface area contributed by atoms with E-state index in [1.165, 1.54) is 16.0 Å². The monoisotopic (exact) mass is 365 g/mol. The summed E-state index contributed by atoms with van der Waals surface area (Å²) >= 11 is 1.18. The number of ether oxygens (including phenoxy) is 1. The smallest absolute Gasteiger partial charge is 0.388 e. The number of halogens is 2. The summed E-state index contributed by atoms with van der Waals surface area (Å²) in [6.45, 7) is 1.71. The van der Waals surface area contributed by atoms with Crippen molar-refractivity contribution >= 4 is 33.9 Å². The van der Waals surface area contributed by atoms with Crippen molar-refractivity contribution in [1.82, 2.24) is 14.8 Å². The quantitative estimate of drug-likeness (QED) is 0.735. The minimum Gasteiger partial charge on any atom is -0.388 e.